The number of hydrogen-bond acceptors (Lipinski definition) is 4. The number of para-hydroxylation sites is 2. The fourth-order valence-electron chi connectivity index (χ4n) is 1.58. The number of aliphatic carboxylic acids is 1. The van der Waals surface area contributed by atoms with Crippen LogP contribution in [-0.4, -0.2) is 48.2 Å². The molecule has 0 aliphatic rings. The van der Waals surface area contributed by atoms with Gasteiger partial charge in [-0.3, -0.25) is 9.59 Å². The Morgan fingerprint density at radius 3 is 2.43 bits per heavy atom. The molecule has 0 saturated carbocycles. The Labute approximate surface area is 123 Å². The van der Waals surface area contributed by atoms with E-state index in [1.165, 1.54) is 0 Å². The molecule has 6 nitrogen and oxygen atoms in total. The van der Waals surface area contributed by atoms with Gasteiger partial charge in [0, 0.05) is 0 Å². The quantitative estimate of drug-likeness (QED) is 0.723. The summed E-state index contributed by atoms with van der Waals surface area (Å²) in [6, 6.07) is 6.92. The van der Waals surface area contributed by atoms with Gasteiger partial charge in [0.25, 0.3) is 5.91 Å². The number of ether oxygens (including phenoxy) is 2. The van der Waals surface area contributed by atoms with Crippen molar-refractivity contribution in [3.63, 3.8) is 0 Å². The SMILES string of the molecule is C#CCN(CC(=O)O)C(=O)COc1ccccc1OCC. The summed E-state index contributed by atoms with van der Waals surface area (Å²) in [7, 11) is 0. The van der Waals surface area contributed by atoms with Crippen LogP contribution in [0.25, 0.3) is 0 Å². The van der Waals surface area contributed by atoms with Crippen molar-refractivity contribution < 1.29 is 24.2 Å². The molecule has 0 aliphatic heterocycles. The number of terminal acetylenes is 1. The number of carbonyl (C=O) groups excluding carboxylic acids is 1. The zero-order valence-corrected chi connectivity index (χ0v) is 11.7. The molecular weight excluding hydrogens is 274 g/mol. The van der Waals surface area contributed by atoms with Crippen LogP contribution in [0, 0.1) is 12.3 Å². The van der Waals surface area contributed by atoms with Crippen LogP contribution in [0.5, 0.6) is 11.5 Å². The van der Waals surface area contributed by atoms with Crippen molar-refractivity contribution in [2.45, 2.75) is 6.92 Å². The molecule has 0 bridgehead atoms. The number of benzene rings is 1. The minimum atomic E-state index is -1.13. The zero-order chi connectivity index (χ0) is 15.7. The molecule has 0 radical (unpaired) electrons. The molecule has 0 saturated heterocycles. The number of carboxylic acid groups (broad SMARTS) is 1. The lowest BCUT2D eigenvalue weighted by molar-refractivity contribution is -0.144. The summed E-state index contributed by atoms with van der Waals surface area (Å²) in [6.45, 7) is 1.46. The fourth-order valence-corrected chi connectivity index (χ4v) is 1.58. The van der Waals surface area contributed by atoms with Gasteiger partial charge in [-0.2, -0.15) is 0 Å². The van der Waals surface area contributed by atoms with E-state index in [0.29, 0.717) is 18.1 Å². The predicted octanol–water partition coefficient (Wildman–Crippen LogP) is 1.01. The first kappa shape index (κ1) is 16.4. The van der Waals surface area contributed by atoms with E-state index in [1.54, 1.807) is 24.3 Å². The number of amides is 1. The van der Waals surface area contributed by atoms with E-state index in [1.807, 2.05) is 6.92 Å². The van der Waals surface area contributed by atoms with Crippen molar-refractivity contribution in [1.82, 2.24) is 4.90 Å². The molecule has 0 fully saturated rings. The Kier molecular flexibility index (Phi) is 6.61. The largest absolute Gasteiger partial charge is 0.490 e. The average molecular weight is 291 g/mol. The smallest absolute Gasteiger partial charge is 0.323 e. The Balaban J connectivity index is 2.66. The van der Waals surface area contributed by atoms with Gasteiger partial charge in [-0.1, -0.05) is 18.1 Å². The van der Waals surface area contributed by atoms with E-state index in [0.717, 1.165) is 4.90 Å². The van der Waals surface area contributed by atoms with Gasteiger partial charge in [0.15, 0.2) is 18.1 Å². The third-order valence-corrected chi connectivity index (χ3v) is 2.46. The van der Waals surface area contributed by atoms with Crippen LogP contribution in [0.3, 0.4) is 0 Å². The van der Waals surface area contributed by atoms with Crippen LogP contribution in [0.2, 0.25) is 0 Å². The van der Waals surface area contributed by atoms with Crippen molar-refractivity contribution in [2.24, 2.45) is 0 Å². The Bertz CT molecular complexity index is 535. The standard InChI is InChI=1S/C15H17NO5/c1-3-9-16(10-15(18)19)14(17)11-21-13-8-6-5-7-12(13)20-4-2/h1,5-8H,4,9-11H2,2H3,(H,18,19). The lowest BCUT2D eigenvalue weighted by Gasteiger charge is -2.18. The van der Waals surface area contributed by atoms with Gasteiger partial charge in [0.05, 0.1) is 13.2 Å². The number of carboxylic acids is 1. The van der Waals surface area contributed by atoms with Crippen LogP contribution in [0.4, 0.5) is 0 Å². The molecule has 1 N–H and O–H groups in total. The molecule has 0 aromatic heterocycles. The molecule has 1 rings (SSSR count). The number of hydrogen-bond donors (Lipinski definition) is 1. The van der Waals surface area contributed by atoms with E-state index < -0.39 is 18.4 Å². The van der Waals surface area contributed by atoms with Crippen molar-refractivity contribution in [3.05, 3.63) is 24.3 Å². The molecular formula is C15H17NO5. The van der Waals surface area contributed by atoms with Crippen LogP contribution in [-0.2, 0) is 9.59 Å². The summed E-state index contributed by atoms with van der Waals surface area (Å²) in [5.74, 6) is 1.56. The summed E-state index contributed by atoms with van der Waals surface area (Å²) in [5, 5.41) is 8.74. The monoisotopic (exact) mass is 291 g/mol. The normalized spacial score (nSPS) is 9.52. The highest BCUT2D eigenvalue weighted by molar-refractivity contribution is 5.82. The molecule has 1 amide bonds. The summed E-state index contributed by atoms with van der Waals surface area (Å²) in [6.07, 6.45) is 5.12. The lowest BCUT2D eigenvalue weighted by atomic mass is 10.3. The van der Waals surface area contributed by atoms with Crippen molar-refractivity contribution in [1.29, 1.82) is 0 Å². The first-order chi connectivity index (χ1) is 10.1. The molecule has 1 aromatic carbocycles. The molecule has 0 atom stereocenters. The molecule has 6 heteroatoms. The minimum Gasteiger partial charge on any atom is -0.490 e. The second-order valence-corrected chi connectivity index (χ2v) is 4.02. The summed E-state index contributed by atoms with van der Waals surface area (Å²) in [5.41, 5.74) is 0. The van der Waals surface area contributed by atoms with E-state index in [2.05, 4.69) is 5.92 Å². The highest BCUT2D eigenvalue weighted by Gasteiger charge is 2.17. The first-order valence-electron chi connectivity index (χ1n) is 6.36. The van der Waals surface area contributed by atoms with E-state index >= 15 is 0 Å². The number of nitrogens with zero attached hydrogens (tertiary/aromatic N) is 1. The number of carbonyl (C=O) groups is 2. The first-order valence-corrected chi connectivity index (χ1v) is 6.36. The Morgan fingerprint density at radius 2 is 1.90 bits per heavy atom. The Hall–Kier alpha value is -2.68. The highest BCUT2D eigenvalue weighted by atomic mass is 16.5. The molecule has 0 heterocycles. The summed E-state index contributed by atoms with van der Waals surface area (Å²) < 4.78 is 10.7. The maximum absolute atomic E-state index is 11.9. The van der Waals surface area contributed by atoms with Crippen LogP contribution < -0.4 is 9.47 Å². The van der Waals surface area contributed by atoms with Gasteiger partial charge in [-0.25, -0.2) is 0 Å². The van der Waals surface area contributed by atoms with E-state index in [4.69, 9.17) is 21.0 Å². The van der Waals surface area contributed by atoms with Gasteiger partial charge in [0.1, 0.15) is 6.54 Å². The summed E-state index contributed by atoms with van der Waals surface area (Å²) in [4.78, 5) is 23.6. The van der Waals surface area contributed by atoms with Crippen LogP contribution in [0.15, 0.2) is 24.3 Å². The molecule has 21 heavy (non-hydrogen) atoms. The molecule has 0 aliphatic carbocycles. The van der Waals surface area contributed by atoms with Crippen molar-refractivity contribution in [2.75, 3.05) is 26.3 Å². The average Bonchev–Trinajstić information content (AvgIpc) is 2.45. The van der Waals surface area contributed by atoms with Gasteiger partial charge in [-0.05, 0) is 19.1 Å². The maximum atomic E-state index is 11.9. The predicted molar refractivity (Wildman–Crippen MR) is 76.2 cm³/mol. The van der Waals surface area contributed by atoms with Gasteiger partial charge in [-0.15, -0.1) is 6.42 Å². The van der Waals surface area contributed by atoms with E-state index in [9.17, 15) is 9.59 Å². The number of rotatable bonds is 8. The van der Waals surface area contributed by atoms with Gasteiger partial charge in [0.2, 0.25) is 0 Å². The molecule has 0 spiro atoms. The summed E-state index contributed by atoms with van der Waals surface area (Å²) >= 11 is 0. The van der Waals surface area contributed by atoms with Crippen molar-refractivity contribution in [3.8, 4) is 23.8 Å². The van der Waals surface area contributed by atoms with Crippen LogP contribution >= 0.6 is 0 Å². The highest BCUT2D eigenvalue weighted by Crippen LogP contribution is 2.26. The second kappa shape index (κ2) is 8.48. The third kappa shape index (κ3) is 5.45. The van der Waals surface area contributed by atoms with E-state index in [-0.39, 0.29) is 13.2 Å². The van der Waals surface area contributed by atoms with Crippen molar-refractivity contribution >= 4 is 11.9 Å². The third-order valence-electron chi connectivity index (χ3n) is 2.46. The van der Waals surface area contributed by atoms with Crippen LogP contribution in [0.1, 0.15) is 6.92 Å². The minimum absolute atomic E-state index is 0.0817. The second-order valence-electron chi connectivity index (χ2n) is 4.02. The van der Waals surface area contributed by atoms with Gasteiger partial charge >= 0.3 is 5.97 Å². The van der Waals surface area contributed by atoms with Gasteiger partial charge < -0.3 is 19.5 Å². The zero-order valence-electron chi connectivity index (χ0n) is 11.7. The topological polar surface area (TPSA) is 76.1 Å². The Morgan fingerprint density at radius 1 is 1.29 bits per heavy atom. The lowest BCUT2D eigenvalue weighted by Crippen LogP contribution is -2.39. The molecule has 112 valence electrons. The fraction of sp³-hybridized carbons (Fsp3) is 0.333. The molecule has 1 aromatic rings. The molecule has 0 unspecified atom stereocenters. The maximum Gasteiger partial charge on any atom is 0.323 e.